The van der Waals surface area contributed by atoms with Gasteiger partial charge in [0.15, 0.2) is 11.5 Å². The molecular weight excluding hydrogens is 432 g/mol. The third kappa shape index (κ3) is 4.38. The third-order valence-electron chi connectivity index (χ3n) is 4.31. The molecule has 4 rings (SSSR count). The number of amides is 1. The van der Waals surface area contributed by atoms with Crippen molar-refractivity contribution in [1.82, 2.24) is 25.4 Å². The van der Waals surface area contributed by atoms with Crippen LogP contribution in [0.1, 0.15) is 16.1 Å². The van der Waals surface area contributed by atoms with Crippen molar-refractivity contribution in [1.29, 1.82) is 0 Å². The Hall–Kier alpha value is -4.35. The number of anilines is 1. The highest BCUT2D eigenvalue weighted by Crippen LogP contribution is 2.30. The molecule has 1 amide bonds. The molecule has 4 aromatic rings. The molecule has 0 bridgehead atoms. The Morgan fingerprint density at radius 2 is 1.75 bits per heavy atom. The fraction of sp³-hybridized carbons (Fsp3) is 0.0500. The predicted molar refractivity (Wildman–Crippen MR) is 106 cm³/mol. The fourth-order valence-corrected chi connectivity index (χ4v) is 2.89. The van der Waals surface area contributed by atoms with Crippen LogP contribution in [0.5, 0.6) is 0 Å². The van der Waals surface area contributed by atoms with Crippen molar-refractivity contribution in [3.8, 4) is 11.4 Å². The molecule has 0 aliphatic carbocycles. The lowest BCUT2D eigenvalue weighted by Crippen LogP contribution is -2.31. The number of fused-ring (bicyclic) bond motifs is 1. The van der Waals surface area contributed by atoms with Gasteiger partial charge in [-0.1, -0.05) is 0 Å². The van der Waals surface area contributed by atoms with Crippen molar-refractivity contribution >= 4 is 22.6 Å². The molecule has 3 aromatic heterocycles. The highest BCUT2D eigenvalue weighted by atomic mass is 19.4. The Bertz CT molecular complexity index is 1370. The Balaban J connectivity index is 1.66. The summed E-state index contributed by atoms with van der Waals surface area (Å²) in [5.74, 6) is -2.04. The highest BCUT2D eigenvalue weighted by molar-refractivity contribution is 6.06. The van der Waals surface area contributed by atoms with E-state index in [0.29, 0.717) is 6.07 Å². The van der Waals surface area contributed by atoms with Gasteiger partial charge in [-0.25, -0.2) is 14.4 Å². The molecule has 0 atom stereocenters. The molecule has 162 valence electrons. The second-order valence-corrected chi connectivity index (χ2v) is 6.51. The number of hydrazine groups is 1. The Kier molecular flexibility index (Phi) is 5.26. The molecule has 3 heterocycles. The summed E-state index contributed by atoms with van der Waals surface area (Å²) >= 11 is 0. The Morgan fingerprint density at radius 3 is 2.47 bits per heavy atom. The van der Waals surface area contributed by atoms with Crippen molar-refractivity contribution in [2.24, 2.45) is 0 Å². The molecule has 8 nitrogen and oxygen atoms in total. The summed E-state index contributed by atoms with van der Waals surface area (Å²) in [5.41, 5.74) is 2.88. The maximum atomic E-state index is 13.4. The van der Waals surface area contributed by atoms with E-state index in [1.165, 1.54) is 30.6 Å². The third-order valence-corrected chi connectivity index (χ3v) is 4.31. The first-order chi connectivity index (χ1) is 15.2. The monoisotopic (exact) mass is 444 g/mol. The smallest absolute Gasteiger partial charge is 0.322 e. The van der Waals surface area contributed by atoms with Crippen LogP contribution in [0.4, 0.5) is 23.4 Å². The molecule has 0 aliphatic heterocycles. The molecule has 0 spiro atoms. The lowest BCUT2D eigenvalue weighted by atomic mass is 10.1. The van der Waals surface area contributed by atoms with Gasteiger partial charge in [0.2, 0.25) is 5.56 Å². The number of hydrogen-bond donors (Lipinski definition) is 3. The van der Waals surface area contributed by atoms with E-state index in [0.717, 1.165) is 18.2 Å². The minimum Gasteiger partial charge on any atom is -0.322 e. The van der Waals surface area contributed by atoms with Crippen LogP contribution in [-0.4, -0.2) is 25.8 Å². The second kappa shape index (κ2) is 8.06. The van der Waals surface area contributed by atoms with E-state index in [-0.39, 0.29) is 33.7 Å². The van der Waals surface area contributed by atoms with Crippen molar-refractivity contribution in [2.45, 2.75) is 6.18 Å². The van der Waals surface area contributed by atoms with Gasteiger partial charge in [-0.05, 0) is 30.3 Å². The molecule has 0 radical (unpaired) electrons. The summed E-state index contributed by atoms with van der Waals surface area (Å²) in [4.78, 5) is 38.1. The number of rotatable bonds is 4. The first-order valence-corrected chi connectivity index (χ1v) is 8.96. The lowest BCUT2D eigenvalue weighted by Gasteiger charge is -2.13. The van der Waals surface area contributed by atoms with E-state index >= 15 is 0 Å². The van der Waals surface area contributed by atoms with Crippen LogP contribution in [0.2, 0.25) is 0 Å². The number of benzene rings is 1. The van der Waals surface area contributed by atoms with E-state index < -0.39 is 29.2 Å². The van der Waals surface area contributed by atoms with Gasteiger partial charge in [0.25, 0.3) is 5.91 Å². The van der Waals surface area contributed by atoms with E-state index in [1.54, 1.807) is 0 Å². The van der Waals surface area contributed by atoms with Crippen LogP contribution < -0.4 is 16.4 Å². The number of aromatic amines is 1. The number of H-pyrrole nitrogens is 1. The van der Waals surface area contributed by atoms with Crippen LogP contribution in [0, 0.1) is 5.82 Å². The number of alkyl halides is 3. The molecule has 0 unspecified atom stereocenters. The summed E-state index contributed by atoms with van der Waals surface area (Å²) in [6.07, 6.45) is -2.03. The molecular formula is C20H12F4N6O2. The predicted octanol–water partition coefficient (Wildman–Crippen LogP) is 3.29. The van der Waals surface area contributed by atoms with Crippen LogP contribution in [0.25, 0.3) is 22.3 Å². The van der Waals surface area contributed by atoms with Gasteiger partial charge in [0.05, 0.1) is 11.1 Å². The lowest BCUT2D eigenvalue weighted by molar-refractivity contribution is -0.141. The van der Waals surface area contributed by atoms with Gasteiger partial charge < -0.3 is 4.98 Å². The number of aromatic nitrogens is 4. The summed E-state index contributed by atoms with van der Waals surface area (Å²) in [7, 11) is 0. The molecule has 3 N–H and O–H groups in total. The number of nitrogens with zero attached hydrogens (tertiary/aromatic N) is 3. The molecule has 0 saturated heterocycles. The normalized spacial score (nSPS) is 11.4. The standard InChI is InChI=1S/C20H12F4N6O2/c21-11-1-2-12-13(8-17(31)26-14(12)7-11)19(32)30-29-16-9-15(20(22,23)24)27-18(28-16)10-3-5-25-6-4-10/h1-9H,(H,26,31)(H,30,32)(H,27,28,29). The van der Waals surface area contributed by atoms with Gasteiger partial charge in [-0.3, -0.25) is 25.4 Å². The van der Waals surface area contributed by atoms with Crippen molar-refractivity contribution in [3.63, 3.8) is 0 Å². The Morgan fingerprint density at radius 1 is 1.00 bits per heavy atom. The van der Waals surface area contributed by atoms with Crippen LogP contribution in [0.3, 0.4) is 0 Å². The summed E-state index contributed by atoms with van der Waals surface area (Å²) < 4.78 is 53.3. The number of pyridine rings is 2. The number of carbonyl (C=O) groups excluding carboxylic acids is 1. The van der Waals surface area contributed by atoms with Crippen molar-refractivity contribution < 1.29 is 22.4 Å². The van der Waals surface area contributed by atoms with E-state index in [9.17, 15) is 27.2 Å². The average Bonchev–Trinajstić information content (AvgIpc) is 2.76. The van der Waals surface area contributed by atoms with Crippen LogP contribution >= 0.6 is 0 Å². The molecule has 32 heavy (non-hydrogen) atoms. The van der Waals surface area contributed by atoms with Gasteiger partial charge in [0.1, 0.15) is 11.6 Å². The Labute approximate surface area is 176 Å². The molecule has 0 fully saturated rings. The zero-order valence-corrected chi connectivity index (χ0v) is 15.9. The van der Waals surface area contributed by atoms with Crippen molar-refractivity contribution in [2.75, 3.05) is 5.43 Å². The minimum atomic E-state index is -4.77. The molecule has 12 heteroatoms. The fourth-order valence-electron chi connectivity index (χ4n) is 2.89. The van der Waals surface area contributed by atoms with Crippen molar-refractivity contribution in [3.05, 3.63) is 82.3 Å². The molecule has 1 aromatic carbocycles. The van der Waals surface area contributed by atoms with E-state index in [2.05, 4.69) is 30.8 Å². The SMILES string of the molecule is O=C(NNc1cc(C(F)(F)F)nc(-c2ccncc2)n1)c1cc(=O)[nH]c2cc(F)ccc12. The average molecular weight is 444 g/mol. The van der Waals surface area contributed by atoms with Gasteiger partial charge in [-0.2, -0.15) is 13.2 Å². The van der Waals surface area contributed by atoms with Gasteiger partial charge in [0, 0.05) is 35.5 Å². The summed E-state index contributed by atoms with van der Waals surface area (Å²) in [5, 5.41) is 0.237. The largest absolute Gasteiger partial charge is 0.433 e. The van der Waals surface area contributed by atoms with E-state index in [1.807, 2.05) is 0 Å². The number of nitrogens with one attached hydrogen (secondary N) is 3. The molecule has 0 saturated carbocycles. The van der Waals surface area contributed by atoms with E-state index in [4.69, 9.17) is 0 Å². The zero-order chi connectivity index (χ0) is 22.9. The highest BCUT2D eigenvalue weighted by Gasteiger charge is 2.34. The van der Waals surface area contributed by atoms with Gasteiger partial charge in [-0.15, -0.1) is 0 Å². The summed E-state index contributed by atoms with van der Waals surface area (Å²) in [6.45, 7) is 0. The maximum absolute atomic E-state index is 13.4. The first kappa shape index (κ1) is 20.9. The quantitative estimate of drug-likeness (QED) is 0.329. The number of halogens is 4. The molecule has 0 aliphatic rings. The first-order valence-electron chi connectivity index (χ1n) is 8.96. The second-order valence-electron chi connectivity index (χ2n) is 6.51. The minimum absolute atomic E-state index is 0.0871. The maximum Gasteiger partial charge on any atom is 0.433 e. The number of carbonyl (C=O) groups is 1. The van der Waals surface area contributed by atoms with Crippen LogP contribution in [-0.2, 0) is 6.18 Å². The van der Waals surface area contributed by atoms with Gasteiger partial charge >= 0.3 is 6.18 Å². The van der Waals surface area contributed by atoms with Crippen LogP contribution in [0.15, 0.2) is 59.7 Å². The number of hydrogen-bond acceptors (Lipinski definition) is 6. The topological polar surface area (TPSA) is 113 Å². The zero-order valence-electron chi connectivity index (χ0n) is 15.9. The summed E-state index contributed by atoms with van der Waals surface area (Å²) in [6, 6.07) is 7.91.